The summed E-state index contributed by atoms with van der Waals surface area (Å²) in [6.45, 7) is 2.07. The van der Waals surface area contributed by atoms with Gasteiger partial charge < -0.3 is 19.9 Å². The molecule has 0 bridgehead atoms. The largest absolute Gasteiger partial charge is 0.460 e. The van der Waals surface area contributed by atoms with E-state index in [-0.39, 0.29) is 23.4 Å². The Morgan fingerprint density at radius 2 is 2.12 bits per heavy atom. The van der Waals surface area contributed by atoms with Gasteiger partial charge in [0.2, 0.25) is 0 Å². The van der Waals surface area contributed by atoms with Crippen LogP contribution in [0, 0.1) is 5.41 Å². The molecule has 4 rings (SSSR count). The first-order chi connectivity index (χ1) is 12.1. The van der Waals surface area contributed by atoms with Crippen molar-refractivity contribution < 1.29 is 14.3 Å². The minimum absolute atomic E-state index is 0.0987. The third-order valence-electron chi connectivity index (χ3n) is 5.52. The molecule has 2 fully saturated rings. The maximum Gasteiger partial charge on any atom is 0.312 e. The first kappa shape index (κ1) is 16.1. The van der Waals surface area contributed by atoms with Gasteiger partial charge in [0.15, 0.2) is 0 Å². The van der Waals surface area contributed by atoms with E-state index in [0.717, 1.165) is 36.8 Å². The van der Waals surface area contributed by atoms with Gasteiger partial charge in [0.1, 0.15) is 6.10 Å². The maximum atomic E-state index is 12.6. The van der Waals surface area contributed by atoms with E-state index < -0.39 is 0 Å². The number of carbonyl (C=O) groups is 2. The van der Waals surface area contributed by atoms with Crippen molar-refractivity contribution in [1.82, 2.24) is 15.2 Å². The van der Waals surface area contributed by atoms with E-state index in [9.17, 15) is 9.59 Å². The van der Waals surface area contributed by atoms with Gasteiger partial charge in [-0.1, -0.05) is 18.2 Å². The molecule has 2 saturated heterocycles. The van der Waals surface area contributed by atoms with Gasteiger partial charge in [-0.3, -0.25) is 9.59 Å². The van der Waals surface area contributed by atoms with Crippen molar-refractivity contribution in [1.29, 1.82) is 0 Å². The van der Waals surface area contributed by atoms with Gasteiger partial charge in [0, 0.05) is 30.6 Å². The van der Waals surface area contributed by atoms with Crippen LogP contribution in [0.4, 0.5) is 0 Å². The van der Waals surface area contributed by atoms with Gasteiger partial charge >= 0.3 is 5.97 Å². The number of piperidine rings is 1. The highest BCUT2D eigenvalue weighted by Crippen LogP contribution is 2.41. The van der Waals surface area contributed by atoms with Gasteiger partial charge in [-0.05, 0) is 32.0 Å². The number of fused-ring (bicyclic) bond motifs is 1. The predicted molar refractivity (Wildman–Crippen MR) is 94.3 cm³/mol. The molecule has 2 aromatic rings. The molecule has 25 heavy (non-hydrogen) atoms. The van der Waals surface area contributed by atoms with Crippen LogP contribution in [0.2, 0.25) is 0 Å². The molecule has 0 aliphatic carbocycles. The molecular formula is C19H23N3O3. The number of aryl methyl sites for hydroxylation is 1. The molecule has 2 aliphatic rings. The van der Waals surface area contributed by atoms with Crippen LogP contribution in [0.25, 0.3) is 10.9 Å². The van der Waals surface area contributed by atoms with E-state index in [1.807, 2.05) is 42.1 Å². The second-order valence-electron chi connectivity index (χ2n) is 7.14. The van der Waals surface area contributed by atoms with Crippen LogP contribution in [0.15, 0.2) is 30.5 Å². The number of hydrogen-bond donors (Lipinski definition) is 2. The maximum absolute atomic E-state index is 12.6. The zero-order valence-electron chi connectivity index (χ0n) is 14.4. The number of esters is 1. The normalized spacial score (nSPS) is 22.3. The highest BCUT2D eigenvalue weighted by atomic mass is 16.6. The lowest BCUT2D eigenvalue weighted by atomic mass is 9.76. The van der Waals surface area contributed by atoms with Crippen molar-refractivity contribution in [3.05, 3.63) is 36.0 Å². The summed E-state index contributed by atoms with van der Waals surface area (Å²) < 4.78 is 7.50. The lowest BCUT2D eigenvalue weighted by Crippen LogP contribution is -2.39. The molecule has 3 heterocycles. The monoisotopic (exact) mass is 341 g/mol. The number of cyclic esters (lactones) is 1. The highest BCUT2D eigenvalue weighted by Gasteiger charge is 2.49. The van der Waals surface area contributed by atoms with Gasteiger partial charge in [-0.2, -0.15) is 0 Å². The summed E-state index contributed by atoms with van der Waals surface area (Å²) in [5.41, 5.74) is 1.33. The molecule has 2 N–H and O–H groups in total. The number of hydrogen-bond acceptors (Lipinski definition) is 4. The molecular weight excluding hydrogens is 318 g/mol. The lowest BCUT2D eigenvalue weighted by Gasteiger charge is -2.29. The molecule has 6 heteroatoms. The minimum Gasteiger partial charge on any atom is -0.460 e. The fourth-order valence-electron chi connectivity index (χ4n) is 4.09. The molecule has 0 radical (unpaired) electrons. The number of ether oxygens (including phenoxy) is 1. The van der Waals surface area contributed by atoms with E-state index in [1.54, 1.807) is 0 Å². The zero-order chi connectivity index (χ0) is 17.4. The lowest BCUT2D eigenvalue weighted by molar-refractivity contribution is -0.149. The van der Waals surface area contributed by atoms with Crippen molar-refractivity contribution >= 4 is 22.8 Å². The van der Waals surface area contributed by atoms with Crippen LogP contribution < -0.4 is 10.6 Å². The molecule has 2 aliphatic heterocycles. The first-order valence-electron chi connectivity index (χ1n) is 8.83. The van der Waals surface area contributed by atoms with E-state index in [2.05, 4.69) is 10.6 Å². The predicted octanol–water partition coefficient (Wildman–Crippen LogP) is 1.59. The van der Waals surface area contributed by atoms with Crippen molar-refractivity contribution in [3.8, 4) is 0 Å². The number of aromatic nitrogens is 1. The number of benzene rings is 1. The van der Waals surface area contributed by atoms with Crippen LogP contribution in [-0.4, -0.2) is 42.2 Å². The highest BCUT2D eigenvalue weighted by molar-refractivity contribution is 6.07. The Labute approximate surface area is 146 Å². The minimum atomic E-state index is -0.347. The van der Waals surface area contributed by atoms with Crippen LogP contribution in [0.3, 0.4) is 0 Å². The molecule has 132 valence electrons. The van der Waals surface area contributed by atoms with E-state index in [1.165, 1.54) is 0 Å². The standard InChI is InChI=1S/C19H23N3O3/c1-22-12-15(14-4-2-3-5-16(14)22)17(23)21-11-13-10-19(18(24)25-13)6-8-20-9-7-19/h2-5,12-13,20H,6-11H2,1H3,(H,21,23). The molecule has 1 unspecified atom stereocenters. The molecule has 1 aromatic carbocycles. The summed E-state index contributed by atoms with van der Waals surface area (Å²) in [6, 6.07) is 7.83. The summed E-state index contributed by atoms with van der Waals surface area (Å²) in [6.07, 6.45) is 3.95. The Morgan fingerprint density at radius 3 is 2.92 bits per heavy atom. The summed E-state index contributed by atoms with van der Waals surface area (Å²) >= 11 is 0. The fraction of sp³-hybridized carbons (Fsp3) is 0.474. The second-order valence-corrected chi connectivity index (χ2v) is 7.14. The fourth-order valence-corrected chi connectivity index (χ4v) is 4.09. The van der Waals surface area contributed by atoms with E-state index in [4.69, 9.17) is 4.74 Å². The van der Waals surface area contributed by atoms with Crippen molar-refractivity contribution in [2.75, 3.05) is 19.6 Å². The van der Waals surface area contributed by atoms with Gasteiger partial charge in [0.05, 0.1) is 17.5 Å². The summed E-state index contributed by atoms with van der Waals surface area (Å²) in [5, 5.41) is 7.16. The molecule has 1 atom stereocenters. The van der Waals surface area contributed by atoms with Crippen LogP contribution in [0.1, 0.15) is 29.6 Å². The zero-order valence-corrected chi connectivity index (χ0v) is 14.4. The van der Waals surface area contributed by atoms with Crippen molar-refractivity contribution in [2.24, 2.45) is 12.5 Å². The Morgan fingerprint density at radius 1 is 1.36 bits per heavy atom. The number of para-hydroxylation sites is 1. The SMILES string of the molecule is Cn1cc(C(=O)NCC2CC3(CCNCC3)C(=O)O2)c2ccccc21. The third-order valence-corrected chi connectivity index (χ3v) is 5.52. The Bertz CT molecular complexity index is 820. The van der Waals surface area contributed by atoms with Gasteiger partial charge in [-0.25, -0.2) is 0 Å². The summed E-state index contributed by atoms with van der Waals surface area (Å²) in [7, 11) is 1.93. The molecule has 1 amide bonds. The quantitative estimate of drug-likeness (QED) is 0.832. The number of nitrogens with one attached hydrogen (secondary N) is 2. The average molecular weight is 341 g/mol. The molecule has 6 nitrogen and oxygen atoms in total. The number of rotatable bonds is 3. The second kappa shape index (κ2) is 6.19. The average Bonchev–Trinajstić information content (AvgIpc) is 3.12. The van der Waals surface area contributed by atoms with Crippen molar-refractivity contribution in [2.45, 2.75) is 25.4 Å². The summed E-state index contributed by atoms with van der Waals surface area (Å²) in [4.78, 5) is 24.9. The first-order valence-corrected chi connectivity index (χ1v) is 8.83. The molecule has 1 aromatic heterocycles. The van der Waals surface area contributed by atoms with Crippen molar-refractivity contribution in [3.63, 3.8) is 0 Å². The van der Waals surface area contributed by atoms with Gasteiger partial charge in [0.25, 0.3) is 5.91 Å². The summed E-state index contributed by atoms with van der Waals surface area (Å²) in [5.74, 6) is -0.225. The number of amides is 1. The topological polar surface area (TPSA) is 72.4 Å². The van der Waals surface area contributed by atoms with Crippen LogP contribution in [0.5, 0.6) is 0 Å². The number of nitrogens with zero attached hydrogens (tertiary/aromatic N) is 1. The van der Waals surface area contributed by atoms with E-state index >= 15 is 0 Å². The smallest absolute Gasteiger partial charge is 0.312 e. The third kappa shape index (κ3) is 2.80. The Balaban J connectivity index is 1.43. The van der Waals surface area contributed by atoms with Crippen LogP contribution in [-0.2, 0) is 16.6 Å². The van der Waals surface area contributed by atoms with Gasteiger partial charge in [-0.15, -0.1) is 0 Å². The molecule has 1 spiro atoms. The van der Waals surface area contributed by atoms with Crippen LogP contribution >= 0.6 is 0 Å². The number of carbonyl (C=O) groups excluding carboxylic acids is 2. The van der Waals surface area contributed by atoms with E-state index in [0.29, 0.717) is 18.5 Å². The Hall–Kier alpha value is -2.34. The Kier molecular flexibility index (Phi) is 4.00. The molecule has 0 saturated carbocycles.